The summed E-state index contributed by atoms with van der Waals surface area (Å²) in [7, 11) is 0. The van der Waals surface area contributed by atoms with Gasteiger partial charge in [-0.25, -0.2) is 4.98 Å². The van der Waals surface area contributed by atoms with Crippen molar-refractivity contribution in [3.05, 3.63) is 81.8 Å². The molecule has 5 heteroatoms. The molecule has 0 amide bonds. The highest BCUT2D eigenvalue weighted by molar-refractivity contribution is 7.98. The standard InChI is InChI=1S/C20H21NO2S2/c1-15-7-9-18(10-8-15)23-11-20-21-17(13-25-20)12-24-14-19(22)16-5-3-2-4-6-16/h2-10,13,19,22H,11-12,14H2,1H3. The third-order valence-corrected chi connectivity index (χ3v) is 5.62. The van der Waals surface area contributed by atoms with E-state index in [0.717, 1.165) is 27.8 Å². The number of thioether (sulfide) groups is 1. The molecule has 3 nitrogen and oxygen atoms in total. The fourth-order valence-electron chi connectivity index (χ4n) is 2.31. The van der Waals surface area contributed by atoms with Crippen LogP contribution in [0.5, 0.6) is 5.75 Å². The van der Waals surface area contributed by atoms with Gasteiger partial charge >= 0.3 is 0 Å². The van der Waals surface area contributed by atoms with Gasteiger partial charge in [0.1, 0.15) is 17.4 Å². The largest absolute Gasteiger partial charge is 0.486 e. The van der Waals surface area contributed by atoms with Crippen molar-refractivity contribution < 1.29 is 9.84 Å². The molecule has 0 aliphatic rings. The quantitative estimate of drug-likeness (QED) is 0.605. The summed E-state index contributed by atoms with van der Waals surface area (Å²) in [5.41, 5.74) is 3.22. The monoisotopic (exact) mass is 371 g/mol. The van der Waals surface area contributed by atoms with Gasteiger partial charge < -0.3 is 9.84 Å². The Kier molecular flexibility index (Phi) is 6.50. The molecular formula is C20H21NO2S2. The van der Waals surface area contributed by atoms with Crippen LogP contribution in [0.2, 0.25) is 0 Å². The van der Waals surface area contributed by atoms with Crippen LogP contribution in [0.15, 0.2) is 60.0 Å². The number of aliphatic hydroxyl groups excluding tert-OH is 1. The minimum atomic E-state index is -0.436. The molecule has 0 aliphatic carbocycles. The molecule has 1 N–H and O–H groups in total. The van der Waals surface area contributed by atoms with E-state index in [0.29, 0.717) is 12.4 Å². The maximum absolute atomic E-state index is 10.2. The molecule has 2 aromatic carbocycles. The molecule has 1 unspecified atom stereocenters. The van der Waals surface area contributed by atoms with Gasteiger partial charge in [0.25, 0.3) is 0 Å². The minimum absolute atomic E-state index is 0.436. The van der Waals surface area contributed by atoms with E-state index in [1.807, 2.05) is 54.6 Å². The smallest absolute Gasteiger partial charge is 0.140 e. The highest BCUT2D eigenvalue weighted by Gasteiger charge is 2.08. The van der Waals surface area contributed by atoms with Crippen LogP contribution in [0.25, 0.3) is 0 Å². The molecule has 130 valence electrons. The van der Waals surface area contributed by atoms with Crippen LogP contribution in [-0.4, -0.2) is 15.8 Å². The molecule has 0 radical (unpaired) electrons. The zero-order chi connectivity index (χ0) is 17.5. The van der Waals surface area contributed by atoms with E-state index >= 15 is 0 Å². The first-order valence-corrected chi connectivity index (χ1v) is 10.2. The van der Waals surface area contributed by atoms with Crippen molar-refractivity contribution in [2.75, 3.05) is 5.75 Å². The van der Waals surface area contributed by atoms with Gasteiger partial charge in [-0.2, -0.15) is 11.8 Å². The first-order chi connectivity index (χ1) is 12.2. The second kappa shape index (κ2) is 9.04. The highest BCUT2D eigenvalue weighted by atomic mass is 32.2. The van der Waals surface area contributed by atoms with Gasteiger partial charge in [-0.05, 0) is 24.6 Å². The van der Waals surface area contributed by atoms with Gasteiger partial charge in [-0.3, -0.25) is 0 Å². The third-order valence-electron chi connectivity index (χ3n) is 3.69. The van der Waals surface area contributed by atoms with Gasteiger partial charge in [0.15, 0.2) is 0 Å². The lowest BCUT2D eigenvalue weighted by Crippen LogP contribution is -2.00. The van der Waals surface area contributed by atoms with E-state index in [1.165, 1.54) is 5.56 Å². The molecule has 0 bridgehead atoms. The van der Waals surface area contributed by atoms with E-state index in [9.17, 15) is 5.11 Å². The van der Waals surface area contributed by atoms with Gasteiger partial charge in [0, 0.05) is 16.9 Å². The number of aromatic nitrogens is 1. The van der Waals surface area contributed by atoms with Crippen molar-refractivity contribution in [1.82, 2.24) is 4.98 Å². The van der Waals surface area contributed by atoms with Crippen LogP contribution in [0.1, 0.15) is 27.9 Å². The fraction of sp³-hybridized carbons (Fsp3) is 0.250. The number of rotatable bonds is 8. The van der Waals surface area contributed by atoms with Gasteiger partial charge in [0.2, 0.25) is 0 Å². The SMILES string of the molecule is Cc1ccc(OCc2nc(CSCC(O)c3ccccc3)cs2)cc1. The predicted octanol–water partition coefficient (Wildman–Crippen LogP) is 5.00. The summed E-state index contributed by atoms with van der Waals surface area (Å²) < 4.78 is 5.76. The zero-order valence-corrected chi connectivity index (χ0v) is 15.7. The van der Waals surface area contributed by atoms with Gasteiger partial charge in [-0.15, -0.1) is 11.3 Å². The second-order valence-corrected chi connectivity index (χ2v) is 7.75. The Balaban J connectivity index is 1.43. The Hall–Kier alpha value is -1.82. The fourth-order valence-corrected chi connectivity index (χ4v) is 4.01. The maximum Gasteiger partial charge on any atom is 0.140 e. The molecule has 1 aromatic heterocycles. The van der Waals surface area contributed by atoms with E-state index in [1.54, 1.807) is 23.1 Å². The maximum atomic E-state index is 10.2. The minimum Gasteiger partial charge on any atom is -0.486 e. The number of benzene rings is 2. The first-order valence-electron chi connectivity index (χ1n) is 8.14. The Morgan fingerprint density at radius 2 is 1.88 bits per heavy atom. The molecule has 0 spiro atoms. The summed E-state index contributed by atoms with van der Waals surface area (Å²) >= 11 is 3.31. The van der Waals surface area contributed by atoms with E-state index in [-0.39, 0.29) is 0 Å². The second-order valence-electron chi connectivity index (χ2n) is 5.78. The molecule has 0 fully saturated rings. The van der Waals surface area contributed by atoms with Crippen molar-refractivity contribution >= 4 is 23.1 Å². The van der Waals surface area contributed by atoms with E-state index in [2.05, 4.69) is 17.3 Å². The van der Waals surface area contributed by atoms with Crippen LogP contribution in [0.4, 0.5) is 0 Å². The van der Waals surface area contributed by atoms with Crippen molar-refractivity contribution in [2.45, 2.75) is 25.4 Å². The summed E-state index contributed by atoms with van der Waals surface area (Å²) in [6, 6.07) is 17.8. The number of nitrogens with zero attached hydrogens (tertiary/aromatic N) is 1. The molecule has 3 aromatic rings. The molecule has 0 saturated heterocycles. The molecule has 1 heterocycles. The predicted molar refractivity (Wildman–Crippen MR) is 105 cm³/mol. The van der Waals surface area contributed by atoms with Crippen molar-refractivity contribution in [3.63, 3.8) is 0 Å². The number of thiazole rings is 1. The number of ether oxygens (including phenoxy) is 1. The Labute approximate surface area is 156 Å². The Morgan fingerprint density at radius 3 is 2.64 bits per heavy atom. The zero-order valence-electron chi connectivity index (χ0n) is 14.1. The number of hydrogen-bond donors (Lipinski definition) is 1. The molecule has 1 atom stereocenters. The van der Waals surface area contributed by atoms with Crippen LogP contribution in [0, 0.1) is 6.92 Å². The lowest BCUT2D eigenvalue weighted by Gasteiger charge is -2.09. The first kappa shape index (κ1) is 18.0. The molecule has 25 heavy (non-hydrogen) atoms. The van der Waals surface area contributed by atoms with E-state index in [4.69, 9.17) is 4.74 Å². The Morgan fingerprint density at radius 1 is 1.12 bits per heavy atom. The summed E-state index contributed by atoms with van der Waals surface area (Å²) in [6.07, 6.45) is -0.436. The van der Waals surface area contributed by atoms with E-state index < -0.39 is 6.10 Å². The average Bonchev–Trinajstić information content (AvgIpc) is 3.10. The molecular weight excluding hydrogens is 350 g/mol. The normalized spacial score (nSPS) is 12.1. The Bertz CT molecular complexity index is 772. The van der Waals surface area contributed by atoms with Gasteiger partial charge in [-0.1, -0.05) is 48.0 Å². The average molecular weight is 372 g/mol. The summed E-state index contributed by atoms with van der Waals surface area (Å²) in [4.78, 5) is 4.60. The highest BCUT2D eigenvalue weighted by Crippen LogP contribution is 2.22. The lowest BCUT2D eigenvalue weighted by molar-refractivity contribution is 0.204. The number of aryl methyl sites for hydroxylation is 1. The number of aliphatic hydroxyl groups is 1. The van der Waals surface area contributed by atoms with Crippen LogP contribution < -0.4 is 4.74 Å². The summed E-state index contributed by atoms with van der Waals surface area (Å²) in [5, 5.41) is 13.2. The summed E-state index contributed by atoms with van der Waals surface area (Å²) in [5.74, 6) is 2.32. The van der Waals surface area contributed by atoms with Crippen molar-refractivity contribution in [3.8, 4) is 5.75 Å². The molecule has 3 rings (SSSR count). The molecule has 0 aliphatic heterocycles. The number of hydrogen-bond acceptors (Lipinski definition) is 5. The van der Waals surface area contributed by atoms with Crippen LogP contribution in [0.3, 0.4) is 0 Å². The van der Waals surface area contributed by atoms with Crippen LogP contribution >= 0.6 is 23.1 Å². The van der Waals surface area contributed by atoms with Gasteiger partial charge in [0.05, 0.1) is 11.8 Å². The van der Waals surface area contributed by atoms with Crippen molar-refractivity contribution in [2.24, 2.45) is 0 Å². The topological polar surface area (TPSA) is 42.4 Å². The van der Waals surface area contributed by atoms with Crippen LogP contribution in [-0.2, 0) is 12.4 Å². The van der Waals surface area contributed by atoms with Crippen molar-refractivity contribution in [1.29, 1.82) is 0 Å². The lowest BCUT2D eigenvalue weighted by atomic mass is 10.1. The third kappa shape index (κ3) is 5.59. The molecule has 0 saturated carbocycles. The summed E-state index contributed by atoms with van der Waals surface area (Å²) in [6.45, 7) is 2.55.